The van der Waals surface area contributed by atoms with E-state index < -0.39 is 0 Å². The predicted molar refractivity (Wildman–Crippen MR) is 76.6 cm³/mol. The first-order valence-electron chi connectivity index (χ1n) is 6.62. The molecular formula is C15H20N2O2. The summed E-state index contributed by atoms with van der Waals surface area (Å²) in [6.45, 7) is 8.67. The van der Waals surface area contributed by atoms with Gasteiger partial charge in [-0.2, -0.15) is 0 Å². The number of carbonyl (C=O) groups is 1. The van der Waals surface area contributed by atoms with Gasteiger partial charge in [0.05, 0.1) is 18.7 Å². The summed E-state index contributed by atoms with van der Waals surface area (Å²) in [7, 11) is 0. The van der Waals surface area contributed by atoms with Gasteiger partial charge in [0.25, 0.3) is 0 Å². The number of amides is 1. The number of ether oxygens (including phenoxy) is 1. The van der Waals surface area contributed by atoms with Crippen LogP contribution < -0.4 is 15.0 Å². The minimum atomic E-state index is 0.0857. The number of hydrogen-bond acceptors (Lipinski definition) is 3. The molecule has 0 radical (unpaired) electrons. The van der Waals surface area contributed by atoms with Gasteiger partial charge in [0, 0.05) is 13.1 Å². The Morgan fingerprint density at radius 2 is 2.26 bits per heavy atom. The van der Waals surface area contributed by atoms with Crippen LogP contribution in [0.25, 0.3) is 0 Å². The zero-order valence-electron chi connectivity index (χ0n) is 11.3. The maximum absolute atomic E-state index is 12.2. The second-order valence-electron chi connectivity index (χ2n) is 4.58. The molecule has 1 aromatic rings. The van der Waals surface area contributed by atoms with Crippen LogP contribution >= 0.6 is 0 Å². The maximum Gasteiger partial charge on any atom is 0.230 e. The summed E-state index contributed by atoms with van der Waals surface area (Å²) in [6, 6.07) is 7.65. The number of nitrogens with one attached hydrogen (secondary N) is 1. The number of nitrogens with zero attached hydrogens (tertiary/aromatic N) is 1. The molecule has 1 aromatic carbocycles. The molecule has 0 bridgehead atoms. The van der Waals surface area contributed by atoms with Gasteiger partial charge < -0.3 is 15.0 Å². The molecule has 1 heterocycles. The van der Waals surface area contributed by atoms with Gasteiger partial charge in [-0.15, -0.1) is 0 Å². The van der Waals surface area contributed by atoms with E-state index in [0.29, 0.717) is 19.6 Å². The lowest BCUT2D eigenvalue weighted by molar-refractivity contribution is -0.118. The molecular weight excluding hydrogens is 240 g/mol. The molecule has 102 valence electrons. The average Bonchev–Trinajstić information content (AvgIpc) is 2.57. The van der Waals surface area contributed by atoms with E-state index in [2.05, 4.69) is 11.9 Å². The second-order valence-corrected chi connectivity index (χ2v) is 4.58. The van der Waals surface area contributed by atoms with Crippen LogP contribution in [0.15, 0.2) is 36.4 Å². The fraction of sp³-hybridized carbons (Fsp3) is 0.400. The highest BCUT2D eigenvalue weighted by atomic mass is 16.5. The number of para-hydroxylation sites is 2. The minimum absolute atomic E-state index is 0.0857. The largest absolute Gasteiger partial charge is 0.491 e. The van der Waals surface area contributed by atoms with Crippen LogP contribution in [0.5, 0.6) is 5.75 Å². The van der Waals surface area contributed by atoms with Crippen molar-refractivity contribution in [3.63, 3.8) is 0 Å². The van der Waals surface area contributed by atoms with E-state index in [1.54, 1.807) is 4.90 Å². The van der Waals surface area contributed by atoms with Crippen LogP contribution in [0.4, 0.5) is 5.69 Å². The Bertz CT molecular complexity index is 471. The molecule has 0 spiro atoms. The molecule has 1 aliphatic rings. The van der Waals surface area contributed by atoms with E-state index in [0.717, 1.165) is 30.1 Å². The molecule has 0 atom stereocenters. The Kier molecular flexibility index (Phi) is 4.58. The molecule has 0 saturated carbocycles. The second kappa shape index (κ2) is 6.38. The van der Waals surface area contributed by atoms with Crippen molar-refractivity contribution in [3.05, 3.63) is 36.4 Å². The third-order valence-corrected chi connectivity index (χ3v) is 3.04. The van der Waals surface area contributed by atoms with Crippen molar-refractivity contribution in [2.45, 2.75) is 13.3 Å². The van der Waals surface area contributed by atoms with Crippen molar-refractivity contribution in [2.75, 3.05) is 31.1 Å². The molecule has 0 aromatic heterocycles. The van der Waals surface area contributed by atoms with Gasteiger partial charge in [-0.25, -0.2) is 0 Å². The number of likely N-dealkylation sites (N-methyl/N-ethyl adjacent to an activating group) is 1. The predicted octanol–water partition coefficient (Wildman–Crippen LogP) is 1.97. The lowest BCUT2D eigenvalue weighted by atomic mass is 10.2. The standard InChI is InChI=1S/C15H20N2O2/c1-3-16-10-12(2)11-17-13-6-4-5-7-14(13)19-9-8-15(17)18/h4-7,16H,2-3,8-11H2,1H3. The summed E-state index contributed by atoms with van der Waals surface area (Å²) >= 11 is 0. The van der Waals surface area contributed by atoms with Gasteiger partial charge in [-0.3, -0.25) is 4.79 Å². The zero-order valence-corrected chi connectivity index (χ0v) is 11.3. The van der Waals surface area contributed by atoms with Gasteiger partial charge in [-0.1, -0.05) is 25.6 Å². The summed E-state index contributed by atoms with van der Waals surface area (Å²) in [4.78, 5) is 13.9. The van der Waals surface area contributed by atoms with Crippen molar-refractivity contribution in [2.24, 2.45) is 0 Å². The van der Waals surface area contributed by atoms with E-state index in [-0.39, 0.29) is 5.91 Å². The normalized spacial score (nSPS) is 14.6. The van der Waals surface area contributed by atoms with Gasteiger partial charge in [0.2, 0.25) is 5.91 Å². The smallest absolute Gasteiger partial charge is 0.230 e. The number of carbonyl (C=O) groups excluding carboxylic acids is 1. The number of fused-ring (bicyclic) bond motifs is 1. The lowest BCUT2D eigenvalue weighted by Gasteiger charge is -2.23. The van der Waals surface area contributed by atoms with Gasteiger partial charge in [0.1, 0.15) is 5.75 Å². The Hall–Kier alpha value is -1.81. The molecule has 0 unspecified atom stereocenters. The average molecular weight is 260 g/mol. The molecule has 4 heteroatoms. The summed E-state index contributed by atoms with van der Waals surface area (Å²) in [5.74, 6) is 0.854. The molecule has 1 amide bonds. The van der Waals surface area contributed by atoms with Crippen LogP contribution in [0.3, 0.4) is 0 Å². The first-order chi connectivity index (χ1) is 9.22. The molecule has 1 aliphatic heterocycles. The summed E-state index contributed by atoms with van der Waals surface area (Å²) in [6.07, 6.45) is 0.406. The first-order valence-corrected chi connectivity index (χ1v) is 6.62. The number of anilines is 1. The fourth-order valence-corrected chi connectivity index (χ4v) is 2.07. The summed E-state index contributed by atoms with van der Waals surface area (Å²) < 4.78 is 5.60. The fourth-order valence-electron chi connectivity index (χ4n) is 2.07. The Labute approximate surface area is 114 Å². The number of rotatable bonds is 5. The molecule has 4 nitrogen and oxygen atoms in total. The zero-order chi connectivity index (χ0) is 13.7. The van der Waals surface area contributed by atoms with Crippen molar-refractivity contribution in [1.82, 2.24) is 5.32 Å². The molecule has 19 heavy (non-hydrogen) atoms. The van der Waals surface area contributed by atoms with Crippen LogP contribution in [-0.4, -0.2) is 32.1 Å². The quantitative estimate of drug-likeness (QED) is 0.823. The van der Waals surface area contributed by atoms with E-state index in [1.807, 2.05) is 31.2 Å². The van der Waals surface area contributed by atoms with Crippen LogP contribution in [0.2, 0.25) is 0 Å². The van der Waals surface area contributed by atoms with Crippen molar-refractivity contribution in [3.8, 4) is 5.75 Å². The molecule has 0 saturated heterocycles. The van der Waals surface area contributed by atoms with Crippen molar-refractivity contribution in [1.29, 1.82) is 0 Å². The van der Waals surface area contributed by atoms with Gasteiger partial charge in [0.15, 0.2) is 0 Å². The van der Waals surface area contributed by atoms with E-state index in [1.165, 1.54) is 0 Å². The molecule has 0 aliphatic carbocycles. The van der Waals surface area contributed by atoms with Crippen LogP contribution in [-0.2, 0) is 4.79 Å². The SMILES string of the molecule is C=C(CNCC)CN1C(=O)CCOc2ccccc21. The third-order valence-electron chi connectivity index (χ3n) is 3.04. The Balaban J connectivity index is 2.17. The third kappa shape index (κ3) is 3.35. The number of hydrogen-bond donors (Lipinski definition) is 1. The first kappa shape index (κ1) is 13.6. The van der Waals surface area contributed by atoms with Gasteiger partial charge >= 0.3 is 0 Å². The molecule has 0 fully saturated rings. The van der Waals surface area contributed by atoms with Crippen molar-refractivity contribution < 1.29 is 9.53 Å². The Morgan fingerprint density at radius 1 is 1.47 bits per heavy atom. The van der Waals surface area contributed by atoms with E-state index in [9.17, 15) is 4.79 Å². The highest BCUT2D eigenvalue weighted by Gasteiger charge is 2.23. The topological polar surface area (TPSA) is 41.6 Å². The van der Waals surface area contributed by atoms with Gasteiger partial charge in [-0.05, 0) is 24.3 Å². The van der Waals surface area contributed by atoms with E-state index in [4.69, 9.17) is 4.74 Å². The highest BCUT2D eigenvalue weighted by Crippen LogP contribution is 2.31. The minimum Gasteiger partial charge on any atom is -0.491 e. The van der Waals surface area contributed by atoms with Crippen LogP contribution in [0.1, 0.15) is 13.3 Å². The molecule has 1 N–H and O–H groups in total. The summed E-state index contributed by atoms with van der Waals surface area (Å²) in [5, 5.41) is 3.22. The monoisotopic (exact) mass is 260 g/mol. The Morgan fingerprint density at radius 3 is 3.05 bits per heavy atom. The van der Waals surface area contributed by atoms with Crippen molar-refractivity contribution >= 4 is 11.6 Å². The van der Waals surface area contributed by atoms with E-state index >= 15 is 0 Å². The number of benzene rings is 1. The highest BCUT2D eigenvalue weighted by molar-refractivity contribution is 5.96. The molecule has 2 rings (SSSR count). The summed E-state index contributed by atoms with van der Waals surface area (Å²) in [5.41, 5.74) is 1.83. The lowest BCUT2D eigenvalue weighted by Crippen LogP contribution is -2.34. The van der Waals surface area contributed by atoms with Crippen LogP contribution in [0, 0.1) is 0 Å². The maximum atomic E-state index is 12.2.